The van der Waals surface area contributed by atoms with Crippen molar-refractivity contribution in [2.75, 3.05) is 0 Å². The van der Waals surface area contributed by atoms with E-state index in [1.807, 2.05) is 0 Å². The average Bonchev–Trinajstić information content (AvgIpc) is 2.49. The van der Waals surface area contributed by atoms with Crippen molar-refractivity contribution in [1.29, 1.82) is 0 Å². The Kier molecular flexibility index (Phi) is 8.34. The van der Waals surface area contributed by atoms with Crippen molar-refractivity contribution in [1.82, 2.24) is 0 Å². The Morgan fingerprint density at radius 3 is 1.78 bits per heavy atom. The van der Waals surface area contributed by atoms with Crippen molar-refractivity contribution in [2.24, 2.45) is 0 Å². The van der Waals surface area contributed by atoms with E-state index in [1.165, 1.54) is 6.07 Å². The lowest BCUT2D eigenvalue weighted by atomic mass is 9.99. The van der Waals surface area contributed by atoms with Crippen LogP contribution in [0.25, 0.3) is 0 Å². The van der Waals surface area contributed by atoms with Crippen molar-refractivity contribution in [3.05, 3.63) is 33.8 Å². The Labute approximate surface area is 168 Å². The summed E-state index contributed by atoms with van der Waals surface area (Å²) in [6, 6.07) is 3.21. The molecule has 0 aliphatic heterocycles. The molecular weight excluding hydrogens is 364 g/mol. The summed E-state index contributed by atoms with van der Waals surface area (Å²) in [6.45, 7) is 12.9. The Morgan fingerprint density at radius 1 is 0.852 bits per heavy atom. The van der Waals surface area contributed by atoms with E-state index >= 15 is 0 Å². The number of benzene rings is 1. The van der Waals surface area contributed by atoms with Crippen LogP contribution in [-0.4, -0.2) is 23.1 Å². The van der Waals surface area contributed by atoms with Crippen LogP contribution in [0.4, 0.5) is 0 Å². The molecule has 0 radical (unpaired) electrons. The Hall–Kier alpha value is -1.55. The van der Waals surface area contributed by atoms with Gasteiger partial charge in [0.2, 0.25) is 0 Å². The highest BCUT2D eigenvalue weighted by Crippen LogP contribution is 2.27. The van der Waals surface area contributed by atoms with Gasteiger partial charge in [0.15, 0.2) is 0 Å². The second kappa shape index (κ2) is 9.59. The van der Waals surface area contributed by atoms with E-state index in [2.05, 4.69) is 6.92 Å². The molecule has 0 fully saturated rings. The zero-order valence-corrected chi connectivity index (χ0v) is 18.5. The molecule has 0 atom stereocenters. The Balaban J connectivity index is 3.25. The largest absolute Gasteiger partial charge is 0.456 e. The molecule has 1 rings (SSSR count). The minimum absolute atomic E-state index is 0.140. The number of ether oxygens (including phenoxy) is 2. The molecule has 0 bridgehead atoms. The van der Waals surface area contributed by atoms with Gasteiger partial charge in [-0.1, -0.05) is 37.8 Å². The van der Waals surface area contributed by atoms with Gasteiger partial charge in [0.1, 0.15) is 11.2 Å². The Morgan fingerprint density at radius 2 is 1.33 bits per heavy atom. The van der Waals surface area contributed by atoms with Crippen molar-refractivity contribution >= 4 is 23.5 Å². The van der Waals surface area contributed by atoms with E-state index in [0.29, 0.717) is 5.02 Å². The van der Waals surface area contributed by atoms with Gasteiger partial charge >= 0.3 is 11.9 Å². The summed E-state index contributed by atoms with van der Waals surface area (Å²) in [5.74, 6) is -1.13. The maximum absolute atomic E-state index is 12.7. The predicted octanol–water partition coefficient (Wildman–Crippen LogP) is 6.37. The van der Waals surface area contributed by atoms with Crippen LogP contribution in [-0.2, 0) is 15.9 Å². The molecule has 1 aromatic rings. The molecule has 0 saturated heterocycles. The van der Waals surface area contributed by atoms with Crippen LogP contribution in [0.3, 0.4) is 0 Å². The number of halogens is 1. The molecule has 1 aromatic carbocycles. The van der Waals surface area contributed by atoms with E-state index in [1.54, 1.807) is 47.6 Å². The lowest BCUT2D eigenvalue weighted by Gasteiger charge is -2.23. The quantitative estimate of drug-likeness (QED) is 0.396. The van der Waals surface area contributed by atoms with Crippen LogP contribution in [0.15, 0.2) is 12.1 Å². The molecule has 152 valence electrons. The summed E-state index contributed by atoms with van der Waals surface area (Å²) < 4.78 is 10.9. The first-order valence-electron chi connectivity index (χ1n) is 9.63. The van der Waals surface area contributed by atoms with Crippen LogP contribution < -0.4 is 0 Å². The first kappa shape index (κ1) is 23.5. The number of carbonyl (C=O) groups is 2. The first-order chi connectivity index (χ1) is 12.3. The van der Waals surface area contributed by atoms with Crippen LogP contribution in [0.1, 0.15) is 100 Å². The maximum atomic E-state index is 12.7. The van der Waals surface area contributed by atoms with Crippen molar-refractivity contribution < 1.29 is 19.1 Å². The van der Waals surface area contributed by atoms with E-state index in [-0.39, 0.29) is 11.1 Å². The van der Waals surface area contributed by atoms with Crippen LogP contribution >= 0.6 is 11.6 Å². The third kappa shape index (κ3) is 8.34. The molecule has 0 unspecified atom stereocenters. The second-order valence-electron chi connectivity index (χ2n) is 8.80. The molecule has 0 aliphatic rings. The summed E-state index contributed by atoms with van der Waals surface area (Å²) >= 11 is 6.41. The van der Waals surface area contributed by atoms with Gasteiger partial charge in [-0.2, -0.15) is 0 Å². The fourth-order valence-corrected chi connectivity index (χ4v) is 2.81. The second-order valence-corrected chi connectivity index (χ2v) is 9.21. The molecular formula is C22H33ClO4. The van der Waals surface area contributed by atoms with Gasteiger partial charge in [0, 0.05) is 5.02 Å². The molecule has 0 aliphatic carbocycles. The number of aryl methyl sites for hydroxylation is 1. The number of hydrogen-bond donors (Lipinski definition) is 0. The number of rotatable bonds is 7. The van der Waals surface area contributed by atoms with E-state index in [0.717, 1.165) is 37.7 Å². The van der Waals surface area contributed by atoms with Gasteiger partial charge < -0.3 is 9.47 Å². The molecule has 0 heterocycles. The number of hydrogen-bond acceptors (Lipinski definition) is 4. The summed E-state index contributed by atoms with van der Waals surface area (Å²) in [5, 5.41) is 0.472. The number of unbranched alkanes of at least 4 members (excludes halogenated alkanes) is 3. The summed E-state index contributed by atoms with van der Waals surface area (Å²) in [7, 11) is 0. The highest BCUT2D eigenvalue weighted by atomic mass is 35.5. The number of carbonyl (C=O) groups excluding carboxylic acids is 2. The monoisotopic (exact) mass is 396 g/mol. The molecule has 0 spiro atoms. The normalized spacial score (nSPS) is 12.0. The van der Waals surface area contributed by atoms with Gasteiger partial charge in [-0.05, 0) is 72.1 Å². The first-order valence-corrected chi connectivity index (χ1v) is 10.0. The maximum Gasteiger partial charge on any atom is 0.339 e. The smallest absolute Gasteiger partial charge is 0.339 e. The van der Waals surface area contributed by atoms with Gasteiger partial charge in [0.05, 0.1) is 11.1 Å². The lowest BCUT2D eigenvalue weighted by Crippen LogP contribution is -2.28. The summed E-state index contributed by atoms with van der Waals surface area (Å²) in [5.41, 5.74) is -0.145. The molecule has 0 N–H and O–H groups in total. The standard InChI is InChI=1S/C22H33ClO4/c1-8-9-10-11-12-15-13-16(19(24)26-21(2,3)4)17(14-18(15)23)20(25)27-22(5,6)7/h13-14H,8-12H2,1-7H3. The fraction of sp³-hybridized carbons (Fsp3) is 0.636. The lowest BCUT2D eigenvalue weighted by molar-refractivity contribution is 0.00186. The van der Waals surface area contributed by atoms with E-state index in [4.69, 9.17) is 21.1 Å². The highest BCUT2D eigenvalue weighted by molar-refractivity contribution is 6.32. The average molecular weight is 397 g/mol. The van der Waals surface area contributed by atoms with E-state index < -0.39 is 23.1 Å². The van der Waals surface area contributed by atoms with Gasteiger partial charge in [-0.15, -0.1) is 0 Å². The summed E-state index contributed by atoms with van der Waals surface area (Å²) in [6.07, 6.45) is 5.14. The zero-order chi connectivity index (χ0) is 20.8. The third-order valence-corrected chi connectivity index (χ3v) is 4.08. The minimum Gasteiger partial charge on any atom is -0.456 e. The molecule has 27 heavy (non-hydrogen) atoms. The zero-order valence-electron chi connectivity index (χ0n) is 17.7. The van der Waals surface area contributed by atoms with Crippen molar-refractivity contribution in [3.8, 4) is 0 Å². The third-order valence-electron chi connectivity index (χ3n) is 3.72. The Bertz CT molecular complexity index is 666. The van der Waals surface area contributed by atoms with Gasteiger partial charge in [0.25, 0.3) is 0 Å². The van der Waals surface area contributed by atoms with Crippen molar-refractivity contribution in [3.63, 3.8) is 0 Å². The number of esters is 2. The van der Waals surface area contributed by atoms with Crippen LogP contribution in [0.2, 0.25) is 5.02 Å². The molecule has 4 nitrogen and oxygen atoms in total. The SMILES string of the molecule is CCCCCCc1cc(C(=O)OC(C)(C)C)c(C(=O)OC(C)(C)C)cc1Cl. The van der Waals surface area contributed by atoms with E-state index in [9.17, 15) is 9.59 Å². The minimum atomic E-state index is -0.673. The highest BCUT2D eigenvalue weighted by Gasteiger charge is 2.27. The predicted molar refractivity (Wildman–Crippen MR) is 110 cm³/mol. The summed E-state index contributed by atoms with van der Waals surface area (Å²) in [4.78, 5) is 25.3. The van der Waals surface area contributed by atoms with Crippen LogP contribution in [0, 0.1) is 0 Å². The fourth-order valence-electron chi connectivity index (χ4n) is 2.56. The molecule has 0 saturated carbocycles. The molecule has 0 aromatic heterocycles. The van der Waals surface area contributed by atoms with Crippen LogP contribution in [0.5, 0.6) is 0 Å². The molecule has 0 amide bonds. The van der Waals surface area contributed by atoms with Gasteiger partial charge in [-0.25, -0.2) is 9.59 Å². The van der Waals surface area contributed by atoms with Crippen molar-refractivity contribution in [2.45, 2.75) is 91.8 Å². The molecule has 5 heteroatoms. The topological polar surface area (TPSA) is 52.6 Å². The van der Waals surface area contributed by atoms with Gasteiger partial charge in [-0.3, -0.25) is 0 Å².